The fraction of sp³-hybridized carbons (Fsp3) is 0.250. The maximum Gasteiger partial charge on any atom is 0.321 e. The fourth-order valence-electron chi connectivity index (χ4n) is 1.25. The Labute approximate surface area is 118 Å². The van der Waals surface area contributed by atoms with Gasteiger partial charge in [-0.1, -0.05) is 6.07 Å². The van der Waals surface area contributed by atoms with Crippen molar-refractivity contribution in [2.45, 2.75) is 13.0 Å². The number of hydrogen-bond acceptors (Lipinski definition) is 4. The highest BCUT2D eigenvalue weighted by atomic mass is 79.9. The zero-order valence-electron chi connectivity index (χ0n) is 10.4. The van der Waals surface area contributed by atoms with Crippen molar-refractivity contribution in [1.82, 2.24) is 10.6 Å². The zero-order valence-corrected chi connectivity index (χ0v) is 12.0. The van der Waals surface area contributed by atoms with Crippen molar-refractivity contribution in [1.29, 1.82) is 0 Å². The molecule has 2 N–H and O–H groups in total. The van der Waals surface area contributed by atoms with E-state index in [9.17, 15) is 14.4 Å². The highest BCUT2D eigenvalue weighted by Gasteiger charge is 2.19. The molecule has 0 saturated heterocycles. The van der Waals surface area contributed by atoms with Crippen molar-refractivity contribution in [3.8, 4) is 5.75 Å². The predicted molar refractivity (Wildman–Crippen MR) is 72.2 cm³/mol. The lowest BCUT2D eigenvalue weighted by molar-refractivity contribution is -0.126. The zero-order chi connectivity index (χ0) is 14.4. The van der Waals surface area contributed by atoms with E-state index in [2.05, 4.69) is 26.6 Å². The summed E-state index contributed by atoms with van der Waals surface area (Å²) >= 11 is 3.24. The van der Waals surface area contributed by atoms with Crippen LogP contribution in [0.2, 0.25) is 0 Å². The predicted octanol–water partition coefficient (Wildman–Crippen LogP) is 1.48. The number of carbonyl (C=O) groups excluding carboxylic acids is 3. The highest BCUT2D eigenvalue weighted by molar-refractivity contribution is 9.10. The van der Waals surface area contributed by atoms with Crippen LogP contribution in [0.4, 0.5) is 4.79 Å². The summed E-state index contributed by atoms with van der Waals surface area (Å²) in [6.45, 7) is 1.48. The number of urea groups is 1. The smallest absolute Gasteiger partial charge is 0.321 e. The Kier molecular flexibility index (Phi) is 5.50. The lowest BCUT2D eigenvalue weighted by Crippen LogP contribution is -2.44. The molecule has 0 spiro atoms. The molecule has 0 aliphatic carbocycles. The topological polar surface area (TPSA) is 84.5 Å². The van der Waals surface area contributed by atoms with E-state index in [-0.39, 0.29) is 5.75 Å². The molecule has 1 unspecified atom stereocenters. The Morgan fingerprint density at radius 2 is 2.11 bits per heavy atom. The summed E-state index contributed by atoms with van der Waals surface area (Å²) in [6.07, 6.45) is -0.293. The van der Waals surface area contributed by atoms with Crippen LogP contribution in [0.3, 0.4) is 0 Å². The van der Waals surface area contributed by atoms with E-state index in [0.29, 0.717) is 16.3 Å². The third kappa shape index (κ3) is 4.06. The van der Waals surface area contributed by atoms with E-state index in [1.807, 2.05) is 0 Å². The van der Waals surface area contributed by atoms with Crippen LogP contribution in [0.15, 0.2) is 22.7 Å². The molecule has 7 heteroatoms. The Bertz CT molecular complexity index is 505. The summed E-state index contributed by atoms with van der Waals surface area (Å²) < 4.78 is 5.96. The number of aldehydes is 1. The molecular weight excluding hydrogens is 316 g/mol. The molecule has 0 radical (unpaired) electrons. The van der Waals surface area contributed by atoms with Gasteiger partial charge in [0.1, 0.15) is 5.75 Å². The molecule has 1 aromatic carbocycles. The van der Waals surface area contributed by atoms with E-state index in [4.69, 9.17) is 4.74 Å². The average molecular weight is 329 g/mol. The molecule has 1 rings (SSSR count). The van der Waals surface area contributed by atoms with E-state index in [0.717, 1.165) is 0 Å². The Hall–Kier alpha value is -1.89. The molecule has 6 nitrogen and oxygen atoms in total. The third-order valence-electron chi connectivity index (χ3n) is 2.25. The second kappa shape index (κ2) is 6.89. The number of hydrogen-bond donors (Lipinski definition) is 2. The minimum absolute atomic E-state index is 0.261. The molecule has 1 aromatic rings. The summed E-state index contributed by atoms with van der Waals surface area (Å²) in [6, 6.07) is 4.31. The second-order valence-corrected chi connectivity index (χ2v) is 4.46. The molecule has 0 fully saturated rings. The van der Waals surface area contributed by atoms with E-state index < -0.39 is 18.0 Å². The van der Waals surface area contributed by atoms with Gasteiger partial charge in [-0.3, -0.25) is 14.9 Å². The third-order valence-corrected chi connectivity index (χ3v) is 2.88. The summed E-state index contributed by atoms with van der Waals surface area (Å²) in [4.78, 5) is 33.5. The van der Waals surface area contributed by atoms with Gasteiger partial charge in [0, 0.05) is 7.05 Å². The first-order chi connectivity index (χ1) is 8.99. The highest BCUT2D eigenvalue weighted by Crippen LogP contribution is 2.28. The SMILES string of the molecule is CNC(=O)NC(=O)C(C)Oc1c(Br)cccc1C=O. The van der Waals surface area contributed by atoms with Crippen molar-refractivity contribution in [2.24, 2.45) is 0 Å². The Morgan fingerprint density at radius 3 is 2.68 bits per heavy atom. The van der Waals surface area contributed by atoms with E-state index in [1.54, 1.807) is 18.2 Å². The molecule has 0 aromatic heterocycles. The van der Waals surface area contributed by atoms with Crippen molar-refractivity contribution in [2.75, 3.05) is 7.05 Å². The molecule has 0 aliphatic heterocycles. The molecule has 0 aliphatic rings. The molecule has 1 atom stereocenters. The number of benzene rings is 1. The molecule has 0 saturated carbocycles. The Balaban J connectivity index is 2.82. The summed E-state index contributed by atoms with van der Waals surface area (Å²) in [5.74, 6) is -0.344. The number of amides is 3. The molecular formula is C12H13BrN2O4. The molecule has 102 valence electrons. The van der Waals surface area contributed by atoms with Gasteiger partial charge in [0.15, 0.2) is 12.4 Å². The van der Waals surface area contributed by atoms with Crippen LogP contribution in [-0.2, 0) is 4.79 Å². The van der Waals surface area contributed by atoms with Gasteiger partial charge >= 0.3 is 6.03 Å². The van der Waals surface area contributed by atoms with Crippen LogP contribution >= 0.6 is 15.9 Å². The number of carbonyl (C=O) groups is 3. The van der Waals surface area contributed by atoms with Gasteiger partial charge < -0.3 is 10.1 Å². The number of imide groups is 1. The average Bonchev–Trinajstić information content (AvgIpc) is 2.40. The number of para-hydroxylation sites is 1. The van der Waals surface area contributed by atoms with Crippen LogP contribution in [0.5, 0.6) is 5.75 Å². The van der Waals surface area contributed by atoms with Gasteiger partial charge in [-0.25, -0.2) is 4.79 Å². The van der Waals surface area contributed by atoms with Gasteiger partial charge in [0.2, 0.25) is 0 Å². The monoisotopic (exact) mass is 328 g/mol. The van der Waals surface area contributed by atoms with Crippen molar-refractivity contribution < 1.29 is 19.1 Å². The van der Waals surface area contributed by atoms with Crippen molar-refractivity contribution in [3.05, 3.63) is 28.2 Å². The van der Waals surface area contributed by atoms with E-state index in [1.165, 1.54) is 14.0 Å². The summed E-state index contributed by atoms with van der Waals surface area (Å²) in [7, 11) is 1.40. The van der Waals surface area contributed by atoms with Crippen LogP contribution in [0, 0.1) is 0 Å². The minimum Gasteiger partial charge on any atom is -0.479 e. The fourth-order valence-corrected chi connectivity index (χ4v) is 1.72. The molecule has 19 heavy (non-hydrogen) atoms. The first-order valence-corrected chi connectivity index (χ1v) is 6.21. The van der Waals surface area contributed by atoms with Gasteiger partial charge in [-0.2, -0.15) is 0 Å². The normalized spacial score (nSPS) is 11.3. The van der Waals surface area contributed by atoms with Crippen LogP contribution in [0.25, 0.3) is 0 Å². The van der Waals surface area contributed by atoms with E-state index >= 15 is 0 Å². The standard InChI is InChI=1S/C12H13BrN2O4/c1-7(11(17)15-12(18)14-2)19-10-8(6-16)4-3-5-9(10)13/h3-7H,1-2H3,(H2,14,15,17,18). The minimum atomic E-state index is -0.922. The van der Waals surface area contributed by atoms with Crippen molar-refractivity contribution >= 4 is 34.2 Å². The molecule has 0 bridgehead atoms. The van der Waals surface area contributed by atoms with Gasteiger partial charge in [0.05, 0.1) is 10.0 Å². The Morgan fingerprint density at radius 1 is 1.42 bits per heavy atom. The maximum atomic E-state index is 11.6. The van der Waals surface area contributed by atoms with Crippen LogP contribution in [-0.4, -0.2) is 31.4 Å². The first-order valence-electron chi connectivity index (χ1n) is 5.42. The largest absolute Gasteiger partial charge is 0.479 e. The number of nitrogens with one attached hydrogen (secondary N) is 2. The first kappa shape index (κ1) is 15.2. The number of halogens is 1. The van der Waals surface area contributed by atoms with Crippen LogP contribution < -0.4 is 15.4 Å². The lowest BCUT2D eigenvalue weighted by Gasteiger charge is -2.16. The van der Waals surface area contributed by atoms with Crippen LogP contribution in [0.1, 0.15) is 17.3 Å². The van der Waals surface area contributed by atoms with Gasteiger partial charge in [-0.05, 0) is 35.0 Å². The number of ether oxygens (including phenoxy) is 1. The summed E-state index contributed by atoms with van der Waals surface area (Å²) in [5, 5.41) is 4.35. The maximum absolute atomic E-state index is 11.6. The quantitative estimate of drug-likeness (QED) is 0.820. The van der Waals surface area contributed by atoms with Crippen molar-refractivity contribution in [3.63, 3.8) is 0 Å². The molecule has 0 heterocycles. The molecule has 3 amide bonds. The number of rotatable bonds is 4. The van der Waals surface area contributed by atoms with Gasteiger partial charge in [0.25, 0.3) is 5.91 Å². The van der Waals surface area contributed by atoms with Gasteiger partial charge in [-0.15, -0.1) is 0 Å². The summed E-state index contributed by atoms with van der Waals surface area (Å²) in [5.41, 5.74) is 0.314. The lowest BCUT2D eigenvalue weighted by atomic mass is 10.2. The second-order valence-electron chi connectivity index (χ2n) is 3.60.